The van der Waals surface area contributed by atoms with Crippen LogP contribution in [0.15, 0.2) is 73.1 Å². The van der Waals surface area contributed by atoms with E-state index in [1.54, 1.807) is 16.0 Å². The van der Waals surface area contributed by atoms with Gasteiger partial charge in [-0.25, -0.2) is 4.98 Å². The quantitative estimate of drug-likeness (QED) is 0.489. The Balaban J connectivity index is 1.37. The third kappa shape index (κ3) is 3.91. The number of carbonyl (C=O) groups is 1. The van der Waals surface area contributed by atoms with Crippen molar-refractivity contribution < 1.29 is 4.79 Å². The van der Waals surface area contributed by atoms with Crippen LogP contribution in [0, 0.1) is 5.92 Å². The molecule has 1 aliphatic rings. The number of nitrogens with one attached hydrogen (secondary N) is 1. The molecule has 0 aliphatic heterocycles. The maximum Gasteiger partial charge on any atom is 0.229 e. The molecule has 0 radical (unpaired) electrons. The third-order valence-electron chi connectivity index (χ3n) is 5.46. The number of rotatable bonds is 6. The van der Waals surface area contributed by atoms with Crippen molar-refractivity contribution in [2.45, 2.75) is 18.8 Å². The first-order valence-electron chi connectivity index (χ1n) is 10.1. The summed E-state index contributed by atoms with van der Waals surface area (Å²) in [6.07, 6.45) is 5.45. The lowest BCUT2D eigenvalue weighted by Gasteiger charge is -2.02. The van der Waals surface area contributed by atoms with Crippen LogP contribution in [-0.2, 0) is 18.3 Å². The minimum absolute atomic E-state index is 0.00384. The zero-order valence-corrected chi connectivity index (χ0v) is 17.5. The van der Waals surface area contributed by atoms with Crippen molar-refractivity contribution in [1.82, 2.24) is 14.8 Å². The fourth-order valence-electron chi connectivity index (χ4n) is 3.81. The molecular formula is C24H22N4OS. The summed E-state index contributed by atoms with van der Waals surface area (Å²) in [7, 11) is 1.90. The molecule has 150 valence electrons. The Morgan fingerprint density at radius 3 is 2.57 bits per heavy atom. The maximum absolute atomic E-state index is 12.8. The number of anilines is 1. The predicted octanol–water partition coefficient (Wildman–Crippen LogP) is 4.88. The highest BCUT2D eigenvalue weighted by Crippen LogP contribution is 2.48. The van der Waals surface area contributed by atoms with E-state index in [4.69, 9.17) is 4.98 Å². The molecule has 4 aromatic rings. The van der Waals surface area contributed by atoms with Crippen LogP contribution in [0.1, 0.15) is 29.2 Å². The lowest BCUT2D eigenvalue weighted by molar-refractivity contribution is -0.117. The lowest BCUT2D eigenvalue weighted by Crippen LogP contribution is -2.14. The first-order valence-corrected chi connectivity index (χ1v) is 10.9. The van der Waals surface area contributed by atoms with Gasteiger partial charge in [0, 0.05) is 25.6 Å². The van der Waals surface area contributed by atoms with Crippen LogP contribution in [0.4, 0.5) is 5.13 Å². The van der Waals surface area contributed by atoms with Crippen molar-refractivity contribution in [3.05, 3.63) is 89.9 Å². The highest BCUT2D eigenvalue weighted by Gasteiger charge is 2.44. The van der Waals surface area contributed by atoms with Crippen LogP contribution in [0.3, 0.4) is 0 Å². The first-order chi connectivity index (χ1) is 14.7. The molecule has 2 aromatic carbocycles. The molecule has 2 heterocycles. The Hall–Kier alpha value is -3.25. The Bertz CT molecular complexity index is 1170. The molecule has 6 heteroatoms. The summed E-state index contributed by atoms with van der Waals surface area (Å²) in [4.78, 5) is 18.7. The third-order valence-corrected chi connectivity index (χ3v) is 6.52. The average Bonchev–Trinajstić information content (AvgIpc) is 3.31. The summed E-state index contributed by atoms with van der Waals surface area (Å²) in [6.45, 7) is 0. The fourth-order valence-corrected chi connectivity index (χ4v) is 4.80. The molecule has 1 fully saturated rings. The van der Waals surface area contributed by atoms with E-state index in [9.17, 15) is 4.79 Å². The Labute approximate surface area is 179 Å². The van der Waals surface area contributed by atoms with Gasteiger partial charge in [-0.05, 0) is 29.0 Å². The highest BCUT2D eigenvalue weighted by molar-refractivity contribution is 7.19. The van der Waals surface area contributed by atoms with Gasteiger partial charge in [-0.1, -0.05) is 72.0 Å². The van der Waals surface area contributed by atoms with E-state index in [1.807, 2.05) is 55.8 Å². The zero-order valence-electron chi connectivity index (χ0n) is 16.7. The van der Waals surface area contributed by atoms with E-state index in [-0.39, 0.29) is 17.7 Å². The summed E-state index contributed by atoms with van der Waals surface area (Å²) in [5.41, 5.74) is 4.46. The van der Waals surface area contributed by atoms with Crippen molar-refractivity contribution in [3.63, 3.8) is 0 Å². The molecule has 2 aromatic heterocycles. The van der Waals surface area contributed by atoms with E-state index in [0.29, 0.717) is 5.13 Å². The predicted molar refractivity (Wildman–Crippen MR) is 119 cm³/mol. The molecule has 2 atom stereocenters. The minimum atomic E-state index is -0.00384. The van der Waals surface area contributed by atoms with Gasteiger partial charge in [0.2, 0.25) is 5.91 Å². The van der Waals surface area contributed by atoms with Crippen LogP contribution < -0.4 is 5.32 Å². The van der Waals surface area contributed by atoms with Gasteiger partial charge >= 0.3 is 0 Å². The van der Waals surface area contributed by atoms with Crippen LogP contribution >= 0.6 is 11.3 Å². The van der Waals surface area contributed by atoms with Gasteiger partial charge < -0.3 is 5.32 Å². The Morgan fingerprint density at radius 1 is 1.13 bits per heavy atom. The number of hydrogen-bond donors (Lipinski definition) is 1. The number of aromatic nitrogens is 3. The number of benzene rings is 2. The molecule has 1 saturated carbocycles. The van der Waals surface area contributed by atoms with Crippen molar-refractivity contribution >= 4 is 22.4 Å². The summed E-state index contributed by atoms with van der Waals surface area (Å²) in [5, 5.41) is 7.95. The molecule has 30 heavy (non-hydrogen) atoms. The summed E-state index contributed by atoms with van der Waals surface area (Å²) < 4.78 is 1.78. The minimum Gasteiger partial charge on any atom is -0.302 e. The van der Waals surface area contributed by atoms with Gasteiger partial charge in [0.05, 0.1) is 16.8 Å². The standard InChI is InChI=1S/C24H22N4OS/c1-28-15-18(14-25-28)19-13-20(19)23(29)27-24-26-21(12-16-8-4-2-5-9-16)22(30-24)17-10-6-3-7-11-17/h2-11,14-15,19-20H,12-13H2,1H3,(H,26,27,29). The Morgan fingerprint density at radius 2 is 1.87 bits per heavy atom. The van der Waals surface area contributed by atoms with Gasteiger partial charge in [-0.2, -0.15) is 5.10 Å². The SMILES string of the molecule is Cn1cc(C2CC2C(=O)Nc2nc(Cc3ccccc3)c(-c3ccccc3)s2)cn1. The molecular weight excluding hydrogens is 392 g/mol. The van der Waals surface area contributed by atoms with Crippen molar-refractivity contribution in [1.29, 1.82) is 0 Å². The van der Waals surface area contributed by atoms with E-state index in [0.717, 1.165) is 34.5 Å². The van der Waals surface area contributed by atoms with Gasteiger partial charge in [0.15, 0.2) is 5.13 Å². The number of aryl methyl sites for hydroxylation is 1. The first kappa shape index (κ1) is 18.8. The van der Waals surface area contributed by atoms with Gasteiger partial charge in [-0.3, -0.25) is 9.48 Å². The van der Waals surface area contributed by atoms with Crippen molar-refractivity contribution in [2.75, 3.05) is 5.32 Å². The lowest BCUT2D eigenvalue weighted by atomic mass is 10.1. The second-order valence-corrected chi connectivity index (χ2v) is 8.71. The molecule has 0 bridgehead atoms. The van der Waals surface area contributed by atoms with E-state index < -0.39 is 0 Å². The zero-order chi connectivity index (χ0) is 20.5. The molecule has 1 aliphatic carbocycles. The second kappa shape index (κ2) is 7.88. The average molecular weight is 415 g/mol. The van der Waals surface area contributed by atoms with E-state index >= 15 is 0 Å². The molecule has 5 nitrogen and oxygen atoms in total. The van der Waals surface area contributed by atoms with Gasteiger partial charge in [0.25, 0.3) is 0 Å². The normalized spacial score (nSPS) is 17.6. The van der Waals surface area contributed by atoms with Crippen molar-refractivity contribution in [2.24, 2.45) is 13.0 Å². The van der Waals surface area contributed by atoms with Gasteiger partial charge in [0.1, 0.15) is 0 Å². The number of hydrogen-bond acceptors (Lipinski definition) is 4. The molecule has 0 saturated heterocycles. The van der Waals surface area contributed by atoms with Crippen LogP contribution in [0.2, 0.25) is 0 Å². The fraction of sp³-hybridized carbons (Fsp3) is 0.208. The van der Waals surface area contributed by atoms with Crippen LogP contribution in [-0.4, -0.2) is 20.7 Å². The van der Waals surface area contributed by atoms with E-state index in [2.05, 4.69) is 34.7 Å². The Kier molecular flexibility index (Phi) is 4.93. The maximum atomic E-state index is 12.8. The number of carbonyl (C=O) groups excluding carboxylic acids is 1. The highest BCUT2D eigenvalue weighted by atomic mass is 32.1. The van der Waals surface area contributed by atoms with Gasteiger partial charge in [-0.15, -0.1) is 0 Å². The number of nitrogens with zero attached hydrogens (tertiary/aromatic N) is 3. The smallest absolute Gasteiger partial charge is 0.229 e. The second-order valence-electron chi connectivity index (χ2n) is 7.71. The summed E-state index contributed by atoms with van der Waals surface area (Å²) in [5.74, 6) is 0.301. The molecule has 2 unspecified atom stereocenters. The van der Waals surface area contributed by atoms with Crippen molar-refractivity contribution in [3.8, 4) is 10.4 Å². The largest absolute Gasteiger partial charge is 0.302 e. The monoisotopic (exact) mass is 414 g/mol. The van der Waals surface area contributed by atoms with Crippen LogP contribution in [0.25, 0.3) is 10.4 Å². The summed E-state index contributed by atoms with van der Waals surface area (Å²) >= 11 is 1.55. The number of thiazole rings is 1. The number of amides is 1. The molecule has 0 spiro atoms. The van der Waals surface area contributed by atoms with E-state index in [1.165, 1.54) is 5.56 Å². The summed E-state index contributed by atoms with van der Waals surface area (Å²) in [6, 6.07) is 20.6. The topological polar surface area (TPSA) is 59.8 Å². The molecule has 1 N–H and O–H groups in total. The molecule has 5 rings (SSSR count). The molecule has 1 amide bonds. The van der Waals surface area contributed by atoms with Crippen LogP contribution in [0.5, 0.6) is 0 Å².